The Hall–Kier alpha value is -4.56. The number of fused-ring (bicyclic) bond motifs is 1. The number of rotatable bonds is 13. The summed E-state index contributed by atoms with van der Waals surface area (Å²) in [6.07, 6.45) is 0.542. The fourth-order valence-corrected chi connectivity index (χ4v) is 5.29. The SMILES string of the molecule is C=CCOC(=O)NCCC[C@H]1C(=O)N(CCOCc2ccccc2F)C[C@H]2N1C(=O)CN(C)N2C(=O)NCc1ccc(F)cc1. The van der Waals surface area contributed by atoms with E-state index in [0.29, 0.717) is 17.5 Å². The quantitative estimate of drug-likeness (QED) is 0.258. The van der Waals surface area contributed by atoms with Gasteiger partial charge in [-0.05, 0) is 36.6 Å². The molecule has 2 aromatic rings. The van der Waals surface area contributed by atoms with Crippen LogP contribution in [0.5, 0.6) is 0 Å². The molecule has 0 bridgehead atoms. The minimum atomic E-state index is -0.907. The van der Waals surface area contributed by atoms with E-state index in [2.05, 4.69) is 17.2 Å². The maximum atomic E-state index is 14.0. The van der Waals surface area contributed by atoms with Crippen LogP contribution in [0.15, 0.2) is 61.2 Å². The molecule has 45 heavy (non-hydrogen) atoms. The normalized spacial score (nSPS) is 18.4. The molecule has 14 heteroatoms. The van der Waals surface area contributed by atoms with Crippen LogP contribution in [-0.2, 0) is 32.2 Å². The van der Waals surface area contributed by atoms with Gasteiger partial charge in [0.25, 0.3) is 0 Å². The van der Waals surface area contributed by atoms with E-state index in [0.717, 1.165) is 0 Å². The fourth-order valence-electron chi connectivity index (χ4n) is 5.29. The third-order valence-electron chi connectivity index (χ3n) is 7.48. The average Bonchev–Trinajstić information content (AvgIpc) is 3.02. The molecule has 0 aliphatic carbocycles. The van der Waals surface area contributed by atoms with Gasteiger partial charge in [0.1, 0.15) is 30.4 Å². The Kier molecular flexibility index (Phi) is 11.8. The smallest absolute Gasteiger partial charge is 0.407 e. The molecule has 2 heterocycles. The first-order chi connectivity index (χ1) is 21.7. The van der Waals surface area contributed by atoms with E-state index < -0.39 is 36.0 Å². The van der Waals surface area contributed by atoms with Gasteiger partial charge in [0.15, 0.2) is 0 Å². The van der Waals surface area contributed by atoms with Crippen LogP contribution in [0.25, 0.3) is 0 Å². The van der Waals surface area contributed by atoms with Crippen LogP contribution in [0.3, 0.4) is 0 Å². The lowest BCUT2D eigenvalue weighted by atomic mass is 10.0. The summed E-state index contributed by atoms with van der Waals surface area (Å²) in [5.74, 6) is -1.43. The van der Waals surface area contributed by atoms with Gasteiger partial charge in [-0.2, -0.15) is 0 Å². The molecule has 242 valence electrons. The van der Waals surface area contributed by atoms with Crippen molar-refractivity contribution < 1.29 is 37.4 Å². The highest BCUT2D eigenvalue weighted by Crippen LogP contribution is 2.28. The number of piperazine rings is 1. The largest absolute Gasteiger partial charge is 0.445 e. The molecule has 2 fully saturated rings. The number of alkyl carbamates (subject to hydrolysis) is 1. The maximum absolute atomic E-state index is 14.0. The molecule has 2 aromatic carbocycles. The lowest BCUT2D eigenvalue weighted by Gasteiger charge is -2.54. The number of carbonyl (C=O) groups excluding carboxylic acids is 4. The molecule has 0 unspecified atom stereocenters. The van der Waals surface area contributed by atoms with Crippen molar-refractivity contribution in [1.29, 1.82) is 0 Å². The number of nitrogens with zero attached hydrogens (tertiary/aromatic N) is 4. The van der Waals surface area contributed by atoms with Crippen molar-refractivity contribution in [2.75, 3.05) is 46.4 Å². The van der Waals surface area contributed by atoms with Gasteiger partial charge in [-0.25, -0.2) is 28.4 Å². The van der Waals surface area contributed by atoms with Gasteiger partial charge >= 0.3 is 12.1 Å². The van der Waals surface area contributed by atoms with Crippen molar-refractivity contribution >= 4 is 23.9 Å². The number of benzene rings is 2. The third-order valence-corrected chi connectivity index (χ3v) is 7.48. The minimum Gasteiger partial charge on any atom is -0.445 e. The summed E-state index contributed by atoms with van der Waals surface area (Å²) >= 11 is 0. The Bertz CT molecular complexity index is 1360. The van der Waals surface area contributed by atoms with Gasteiger partial charge in [-0.15, -0.1) is 0 Å². The summed E-state index contributed by atoms with van der Waals surface area (Å²) < 4.78 is 38.0. The number of likely N-dealkylation sites (N-methyl/N-ethyl adjacent to an activating group) is 1. The van der Waals surface area contributed by atoms with E-state index >= 15 is 0 Å². The Morgan fingerprint density at radius 3 is 2.58 bits per heavy atom. The molecule has 2 N–H and O–H groups in total. The Morgan fingerprint density at radius 2 is 1.84 bits per heavy atom. The highest BCUT2D eigenvalue weighted by molar-refractivity contribution is 5.91. The van der Waals surface area contributed by atoms with E-state index in [1.54, 1.807) is 37.4 Å². The van der Waals surface area contributed by atoms with E-state index in [1.807, 2.05) is 0 Å². The third kappa shape index (κ3) is 8.76. The predicted molar refractivity (Wildman–Crippen MR) is 159 cm³/mol. The second kappa shape index (κ2) is 16.0. The lowest BCUT2D eigenvalue weighted by Crippen LogP contribution is -2.76. The number of amides is 5. The summed E-state index contributed by atoms with van der Waals surface area (Å²) in [7, 11) is 1.61. The first-order valence-corrected chi connectivity index (χ1v) is 14.6. The zero-order valence-corrected chi connectivity index (χ0v) is 25.1. The minimum absolute atomic E-state index is 0.0143. The van der Waals surface area contributed by atoms with Crippen molar-refractivity contribution in [3.8, 4) is 0 Å². The molecule has 2 saturated heterocycles. The van der Waals surface area contributed by atoms with E-state index in [-0.39, 0.29) is 70.8 Å². The van der Waals surface area contributed by atoms with Crippen LogP contribution in [0, 0.1) is 11.6 Å². The number of hydrazine groups is 1. The van der Waals surface area contributed by atoms with Crippen LogP contribution < -0.4 is 10.6 Å². The van der Waals surface area contributed by atoms with Gasteiger partial charge in [-0.1, -0.05) is 43.0 Å². The lowest BCUT2D eigenvalue weighted by molar-refractivity contribution is -0.188. The zero-order valence-electron chi connectivity index (χ0n) is 25.1. The number of hydrogen-bond acceptors (Lipinski definition) is 7. The van der Waals surface area contributed by atoms with Crippen molar-refractivity contribution in [1.82, 2.24) is 30.5 Å². The van der Waals surface area contributed by atoms with Crippen LogP contribution in [0.2, 0.25) is 0 Å². The molecular formula is C31H38F2N6O6. The summed E-state index contributed by atoms with van der Waals surface area (Å²) in [5.41, 5.74) is 1.07. The number of nitrogens with one attached hydrogen (secondary N) is 2. The zero-order chi connectivity index (χ0) is 32.3. The molecule has 0 spiro atoms. The molecule has 12 nitrogen and oxygen atoms in total. The monoisotopic (exact) mass is 628 g/mol. The average molecular weight is 629 g/mol. The molecule has 2 aliphatic heterocycles. The van der Waals surface area contributed by atoms with E-state index in [4.69, 9.17) is 9.47 Å². The highest BCUT2D eigenvalue weighted by Gasteiger charge is 2.50. The van der Waals surface area contributed by atoms with Crippen molar-refractivity contribution in [2.24, 2.45) is 0 Å². The summed E-state index contributed by atoms with van der Waals surface area (Å²) in [5, 5.41) is 8.33. The second-order valence-electron chi connectivity index (χ2n) is 10.6. The first-order valence-electron chi connectivity index (χ1n) is 14.6. The van der Waals surface area contributed by atoms with Crippen LogP contribution >= 0.6 is 0 Å². The van der Waals surface area contributed by atoms with Crippen LogP contribution in [0.4, 0.5) is 18.4 Å². The molecule has 0 saturated carbocycles. The van der Waals surface area contributed by atoms with Gasteiger partial charge in [0.2, 0.25) is 11.8 Å². The maximum Gasteiger partial charge on any atom is 0.407 e. The van der Waals surface area contributed by atoms with Crippen LogP contribution in [-0.4, -0.2) is 102 Å². The number of halogens is 2. The Labute approximate surface area is 260 Å². The molecule has 2 atom stereocenters. The standard InChI is InChI=1S/C31H38F2N6O6/c1-3-16-45-31(43)34-14-6-9-26-29(41)37(15-17-44-21-23-7-4-5-8-25(23)33)19-27-38(26)28(40)20-36(2)39(27)30(42)35-18-22-10-12-24(32)13-11-22/h3-5,7-8,10-13,26-27H,1,6,9,14-21H2,2H3,(H,34,43)(H,35,42)/t26-,27-/m0/s1. The fraction of sp³-hybridized carbons (Fsp3) is 0.419. The molecule has 4 rings (SSSR count). The molecule has 0 aromatic heterocycles. The molecule has 5 amide bonds. The predicted octanol–water partition coefficient (Wildman–Crippen LogP) is 2.61. The molecule has 0 radical (unpaired) electrons. The number of ether oxygens (including phenoxy) is 2. The first kappa shape index (κ1) is 33.3. The number of urea groups is 1. The molecule has 2 aliphatic rings. The number of hydrogen-bond donors (Lipinski definition) is 2. The van der Waals surface area contributed by atoms with Gasteiger partial charge < -0.3 is 29.9 Å². The van der Waals surface area contributed by atoms with Crippen molar-refractivity contribution in [3.05, 3.63) is 83.9 Å². The van der Waals surface area contributed by atoms with E-state index in [1.165, 1.54) is 44.1 Å². The van der Waals surface area contributed by atoms with Gasteiger partial charge in [0, 0.05) is 32.2 Å². The summed E-state index contributed by atoms with van der Waals surface area (Å²) in [6.45, 7) is 3.99. The van der Waals surface area contributed by atoms with Gasteiger partial charge in [0.05, 0.1) is 26.3 Å². The summed E-state index contributed by atoms with van der Waals surface area (Å²) in [6, 6.07) is 10.6. The Morgan fingerprint density at radius 1 is 1.09 bits per heavy atom. The van der Waals surface area contributed by atoms with Crippen LogP contribution in [0.1, 0.15) is 24.0 Å². The number of carbonyl (C=O) groups is 4. The van der Waals surface area contributed by atoms with Crippen molar-refractivity contribution in [2.45, 2.75) is 38.2 Å². The highest BCUT2D eigenvalue weighted by atomic mass is 19.1. The van der Waals surface area contributed by atoms with Crippen molar-refractivity contribution in [3.63, 3.8) is 0 Å². The summed E-state index contributed by atoms with van der Waals surface area (Å²) in [4.78, 5) is 55.4. The second-order valence-corrected chi connectivity index (χ2v) is 10.6. The molecular weight excluding hydrogens is 590 g/mol. The van der Waals surface area contributed by atoms with Gasteiger partial charge in [-0.3, -0.25) is 9.59 Å². The Balaban J connectivity index is 1.47. The topological polar surface area (TPSA) is 124 Å². The van der Waals surface area contributed by atoms with E-state index in [9.17, 15) is 28.0 Å².